The molecular weight excluding hydrogens is 261 g/mol. The Morgan fingerprint density at radius 2 is 2.05 bits per heavy atom. The maximum absolute atomic E-state index is 13.0. The van der Waals surface area contributed by atoms with E-state index >= 15 is 0 Å². The second-order valence-corrected chi connectivity index (χ2v) is 5.38. The van der Waals surface area contributed by atoms with Gasteiger partial charge >= 0.3 is 0 Å². The van der Waals surface area contributed by atoms with Crippen molar-refractivity contribution in [1.82, 2.24) is 5.32 Å². The maximum atomic E-state index is 13.0. The van der Waals surface area contributed by atoms with Crippen molar-refractivity contribution >= 4 is 11.3 Å². The minimum absolute atomic E-state index is 0.183. The molecule has 0 unspecified atom stereocenters. The molecule has 102 valence electrons. The van der Waals surface area contributed by atoms with E-state index in [1.165, 1.54) is 17.0 Å². The topological polar surface area (TPSA) is 21.3 Å². The molecule has 19 heavy (non-hydrogen) atoms. The van der Waals surface area contributed by atoms with E-state index in [4.69, 9.17) is 4.74 Å². The number of hydrogen-bond donors (Lipinski definition) is 1. The van der Waals surface area contributed by atoms with Gasteiger partial charge in [0.15, 0.2) is 0 Å². The van der Waals surface area contributed by atoms with Gasteiger partial charge in [0.05, 0.1) is 0 Å². The fourth-order valence-electron chi connectivity index (χ4n) is 1.95. The average Bonchev–Trinajstić information content (AvgIpc) is 2.93. The first-order valence-corrected chi connectivity index (χ1v) is 7.17. The van der Waals surface area contributed by atoms with E-state index in [-0.39, 0.29) is 11.9 Å². The molecule has 4 heteroatoms. The first kappa shape index (κ1) is 14.2. The highest BCUT2D eigenvalue weighted by molar-refractivity contribution is 7.09. The summed E-state index contributed by atoms with van der Waals surface area (Å²) in [4.78, 5) is 1.30. The molecule has 0 bridgehead atoms. The maximum Gasteiger partial charge on any atom is 0.123 e. The summed E-state index contributed by atoms with van der Waals surface area (Å²) in [5.41, 5.74) is 1.09. The number of hydrogen-bond acceptors (Lipinski definition) is 3. The molecule has 0 saturated carbocycles. The van der Waals surface area contributed by atoms with Crippen LogP contribution in [0.15, 0.2) is 41.8 Å². The second kappa shape index (κ2) is 7.38. The van der Waals surface area contributed by atoms with Crippen LogP contribution >= 0.6 is 11.3 Å². The number of rotatable bonds is 7. The van der Waals surface area contributed by atoms with Crippen LogP contribution in [0.5, 0.6) is 0 Å². The zero-order valence-electron chi connectivity index (χ0n) is 10.9. The lowest BCUT2D eigenvalue weighted by Gasteiger charge is -2.18. The van der Waals surface area contributed by atoms with Gasteiger partial charge < -0.3 is 10.1 Å². The summed E-state index contributed by atoms with van der Waals surface area (Å²) in [6, 6.07) is 11.0. The van der Waals surface area contributed by atoms with Gasteiger partial charge in [0.1, 0.15) is 5.82 Å². The van der Waals surface area contributed by atoms with Crippen molar-refractivity contribution in [2.75, 3.05) is 13.7 Å². The Hall–Kier alpha value is -1.23. The molecule has 0 saturated heterocycles. The van der Waals surface area contributed by atoms with Crippen LogP contribution in [0.4, 0.5) is 4.39 Å². The molecule has 1 N–H and O–H groups in total. The van der Waals surface area contributed by atoms with Gasteiger partial charge in [-0.2, -0.15) is 0 Å². The van der Waals surface area contributed by atoms with Crippen LogP contribution in [-0.2, 0) is 11.3 Å². The van der Waals surface area contributed by atoms with E-state index in [9.17, 15) is 4.39 Å². The number of thiophene rings is 1. The minimum atomic E-state index is -0.201. The average molecular weight is 279 g/mol. The third-order valence-corrected chi connectivity index (χ3v) is 3.86. The van der Waals surface area contributed by atoms with Crippen LogP contribution in [0.3, 0.4) is 0 Å². The summed E-state index contributed by atoms with van der Waals surface area (Å²) in [6.07, 6.45) is 0.869. The standard InChI is InChI=1S/C15H18FNOS/c1-18-9-8-15(12-4-6-13(16)7-5-12)17-11-14-3-2-10-19-14/h2-7,10,15,17H,8-9,11H2,1H3/t15-/m0/s1. The van der Waals surface area contributed by atoms with E-state index in [2.05, 4.69) is 16.8 Å². The van der Waals surface area contributed by atoms with Crippen LogP contribution in [0.1, 0.15) is 22.9 Å². The SMILES string of the molecule is COCC[C@H](NCc1cccs1)c1ccc(F)cc1. The molecule has 1 atom stereocenters. The number of ether oxygens (including phenoxy) is 1. The van der Waals surface area contributed by atoms with Gasteiger partial charge in [0, 0.05) is 31.2 Å². The Balaban J connectivity index is 2.00. The summed E-state index contributed by atoms with van der Waals surface area (Å²) >= 11 is 1.73. The van der Waals surface area contributed by atoms with Gasteiger partial charge in [-0.3, -0.25) is 0 Å². The molecule has 1 heterocycles. The lowest BCUT2D eigenvalue weighted by molar-refractivity contribution is 0.182. The van der Waals surface area contributed by atoms with Gasteiger partial charge in [0.25, 0.3) is 0 Å². The first-order chi connectivity index (χ1) is 9.29. The lowest BCUT2D eigenvalue weighted by Crippen LogP contribution is -2.21. The third kappa shape index (κ3) is 4.42. The summed E-state index contributed by atoms with van der Waals surface area (Å²) in [6.45, 7) is 1.50. The van der Waals surface area contributed by atoms with Gasteiger partial charge in [-0.25, -0.2) is 4.39 Å². The predicted molar refractivity (Wildman–Crippen MR) is 76.8 cm³/mol. The molecule has 0 aliphatic heterocycles. The lowest BCUT2D eigenvalue weighted by atomic mass is 10.0. The summed E-state index contributed by atoms with van der Waals surface area (Å²) in [5.74, 6) is -0.201. The molecule has 0 aliphatic rings. The number of halogens is 1. The van der Waals surface area contributed by atoms with E-state index in [0.29, 0.717) is 6.61 Å². The Morgan fingerprint density at radius 1 is 1.26 bits per heavy atom. The number of methoxy groups -OCH3 is 1. The van der Waals surface area contributed by atoms with Gasteiger partial charge in [-0.05, 0) is 35.6 Å². The molecule has 2 rings (SSSR count). The van der Waals surface area contributed by atoms with Crippen LogP contribution in [0, 0.1) is 5.82 Å². The van der Waals surface area contributed by atoms with Crippen molar-refractivity contribution < 1.29 is 9.13 Å². The Morgan fingerprint density at radius 3 is 2.68 bits per heavy atom. The molecular formula is C15H18FNOS. The smallest absolute Gasteiger partial charge is 0.123 e. The summed E-state index contributed by atoms with van der Waals surface area (Å²) < 4.78 is 18.1. The van der Waals surface area contributed by atoms with E-state index < -0.39 is 0 Å². The Bertz CT molecular complexity index is 469. The van der Waals surface area contributed by atoms with Crippen molar-refractivity contribution in [3.8, 4) is 0 Å². The van der Waals surface area contributed by atoms with Crippen LogP contribution in [-0.4, -0.2) is 13.7 Å². The van der Waals surface area contributed by atoms with Gasteiger partial charge in [-0.1, -0.05) is 18.2 Å². The zero-order valence-corrected chi connectivity index (χ0v) is 11.8. The van der Waals surface area contributed by atoms with E-state index in [1.54, 1.807) is 18.4 Å². The van der Waals surface area contributed by atoms with Crippen molar-refractivity contribution in [2.45, 2.75) is 19.0 Å². The summed E-state index contributed by atoms with van der Waals surface area (Å²) in [5, 5.41) is 5.57. The Kier molecular flexibility index (Phi) is 5.51. The highest BCUT2D eigenvalue weighted by Gasteiger charge is 2.11. The molecule has 2 nitrogen and oxygen atoms in total. The highest BCUT2D eigenvalue weighted by atomic mass is 32.1. The Labute approximate surface area is 117 Å². The van der Waals surface area contributed by atoms with Crippen molar-refractivity contribution in [3.05, 3.63) is 58.0 Å². The third-order valence-electron chi connectivity index (χ3n) is 2.99. The van der Waals surface area contributed by atoms with Crippen molar-refractivity contribution in [1.29, 1.82) is 0 Å². The predicted octanol–water partition coefficient (Wildman–Crippen LogP) is 3.75. The fourth-order valence-corrected chi connectivity index (χ4v) is 2.61. The monoisotopic (exact) mass is 279 g/mol. The highest BCUT2D eigenvalue weighted by Crippen LogP contribution is 2.19. The largest absolute Gasteiger partial charge is 0.385 e. The fraction of sp³-hybridized carbons (Fsp3) is 0.333. The summed E-state index contributed by atoms with van der Waals surface area (Å²) in [7, 11) is 1.70. The number of nitrogens with one attached hydrogen (secondary N) is 1. The van der Waals surface area contributed by atoms with E-state index in [0.717, 1.165) is 18.5 Å². The van der Waals surface area contributed by atoms with Crippen LogP contribution in [0.25, 0.3) is 0 Å². The molecule has 0 spiro atoms. The van der Waals surface area contributed by atoms with Gasteiger partial charge in [-0.15, -0.1) is 11.3 Å². The molecule has 2 aromatic rings. The van der Waals surface area contributed by atoms with Gasteiger partial charge in [0.2, 0.25) is 0 Å². The molecule has 0 fully saturated rings. The second-order valence-electron chi connectivity index (χ2n) is 4.35. The minimum Gasteiger partial charge on any atom is -0.385 e. The van der Waals surface area contributed by atoms with Crippen molar-refractivity contribution in [3.63, 3.8) is 0 Å². The van der Waals surface area contributed by atoms with E-state index in [1.807, 2.05) is 18.2 Å². The molecule has 0 aliphatic carbocycles. The molecule has 0 amide bonds. The molecule has 1 aromatic carbocycles. The van der Waals surface area contributed by atoms with Crippen LogP contribution in [0.2, 0.25) is 0 Å². The quantitative estimate of drug-likeness (QED) is 0.833. The van der Waals surface area contributed by atoms with Crippen molar-refractivity contribution in [2.24, 2.45) is 0 Å². The van der Waals surface area contributed by atoms with Crippen LogP contribution < -0.4 is 5.32 Å². The zero-order chi connectivity index (χ0) is 13.5. The first-order valence-electron chi connectivity index (χ1n) is 6.30. The number of benzene rings is 1. The normalized spacial score (nSPS) is 12.5. The molecule has 0 radical (unpaired) electrons. The molecule has 1 aromatic heterocycles.